The molecule has 4 N–H and O–H groups in total. The molecule has 7 heteroatoms. The van der Waals surface area contributed by atoms with Gasteiger partial charge in [0, 0.05) is 24.0 Å². The Kier molecular flexibility index (Phi) is 4.99. The standard InChI is InChI=1S/C19H20F2N4O/c1-10(2)15(22)9-23-18-11-5-3-4-6-16(11)24-19(25-18)12-7-13(20)14(21)8-17(12)26/h3-8,10,15,26H,9,22H2,1-2H3,(H,23,24,25). The fourth-order valence-electron chi connectivity index (χ4n) is 2.50. The minimum Gasteiger partial charge on any atom is -0.507 e. The number of phenols is 1. The molecule has 2 aromatic carbocycles. The van der Waals surface area contributed by atoms with Crippen LogP contribution >= 0.6 is 0 Å². The highest BCUT2D eigenvalue weighted by Gasteiger charge is 2.16. The van der Waals surface area contributed by atoms with Gasteiger partial charge in [-0.1, -0.05) is 26.0 Å². The second kappa shape index (κ2) is 7.21. The summed E-state index contributed by atoms with van der Waals surface area (Å²) in [5, 5.41) is 14.0. The Morgan fingerprint density at radius 3 is 2.54 bits per heavy atom. The zero-order valence-electron chi connectivity index (χ0n) is 14.5. The number of para-hydroxylation sites is 1. The fourth-order valence-corrected chi connectivity index (χ4v) is 2.50. The van der Waals surface area contributed by atoms with Crippen LogP contribution < -0.4 is 11.1 Å². The van der Waals surface area contributed by atoms with Crippen molar-refractivity contribution in [2.45, 2.75) is 19.9 Å². The van der Waals surface area contributed by atoms with Gasteiger partial charge in [-0.15, -0.1) is 0 Å². The lowest BCUT2D eigenvalue weighted by Gasteiger charge is -2.18. The van der Waals surface area contributed by atoms with Crippen LogP contribution in [-0.2, 0) is 0 Å². The quantitative estimate of drug-likeness (QED) is 0.648. The van der Waals surface area contributed by atoms with E-state index in [1.807, 2.05) is 32.0 Å². The first-order valence-electron chi connectivity index (χ1n) is 8.31. The van der Waals surface area contributed by atoms with Crippen molar-refractivity contribution in [1.29, 1.82) is 0 Å². The van der Waals surface area contributed by atoms with Crippen LogP contribution in [-0.4, -0.2) is 27.7 Å². The molecule has 5 nitrogen and oxygen atoms in total. The molecule has 1 atom stereocenters. The smallest absolute Gasteiger partial charge is 0.165 e. The molecule has 1 heterocycles. The van der Waals surface area contributed by atoms with Gasteiger partial charge < -0.3 is 16.2 Å². The molecule has 0 aliphatic carbocycles. The number of rotatable bonds is 5. The van der Waals surface area contributed by atoms with E-state index in [1.54, 1.807) is 6.07 Å². The third-order valence-electron chi connectivity index (χ3n) is 4.24. The first-order valence-corrected chi connectivity index (χ1v) is 8.31. The number of phenolic OH excluding ortho intramolecular Hbond substituents is 1. The maximum Gasteiger partial charge on any atom is 0.165 e. The predicted octanol–water partition coefficient (Wildman–Crippen LogP) is 3.68. The lowest BCUT2D eigenvalue weighted by Crippen LogP contribution is -2.34. The maximum absolute atomic E-state index is 13.6. The van der Waals surface area contributed by atoms with Crippen molar-refractivity contribution >= 4 is 16.7 Å². The molecule has 0 aliphatic rings. The van der Waals surface area contributed by atoms with Crippen molar-refractivity contribution in [1.82, 2.24) is 9.97 Å². The molecular weight excluding hydrogens is 338 g/mol. The van der Waals surface area contributed by atoms with Gasteiger partial charge in [-0.25, -0.2) is 18.7 Å². The Morgan fingerprint density at radius 2 is 1.81 bits per heavy atom. The average molecular weight is 358 g/mol. The lowest BCUT2D eigenvalue weighted by atomic mass is 10.1. The number of fused-ring (bicyclic) bond motifs is 1. The topological polar surface area (TPSA) is 84.1 Å². The SMILES string of the molecule is CC(C)C(N)CNc1nc(-c2cc(F)c(F)cc2O)nc2ccccc12. The van der Waals surface area contributed by atoms with Crippen LogP contribution in [0.4, 0.5) is 14.6 Å². The number of halogens is 2. The van der Waals surface area contributed by atoms with E-state index in [0.717, 1.165) is 11.5 Å². The predicted molar refractivity (Wildman–Crippen MR) is 97.9 cm³/mol. The van der Waals surface area contributed by atoms with E-state index in [4.69, 9.17) is 5.73 Å². The molecule has 0 bridgehead atoms. The van der Waals surface area contributed by atoms with Crippen LogP contribution in [0.1, 0.15) is 13.8 Å². The van der Waals surface area contributed by atoms with Gasteiger partial charge in [-0.3, -0.25) is 0 Å². The molecule has 0 spiro atoms. The third kappa shape index (κ3) is 3.57. The summed E-state index contributed by atoms with van der Waals surface area (Å²) >= 11 is 0. The van der Waals surface area contributed by atoms with Crippen molar-refractivity contribution in [3.05, 3.63) is 48.0 Å². The van der Waals surface area contributed by atoms with Crippen LogP contribution in [0, 0.1) is 17.6 Å². The Bertz CT molecular complexity index is 946. The molecule has 1 aromatic heterocycles. The Hall–Kier alpha value is -2.80. The molecule has 136 valence electrons. The summed E-state index contributed by atoms with van der Waals surface area (Å²) in [5.74, 6) is -1.74. The molecule has 1 unspecified atom stereocenters. The molecule has 3 rings (SSSR count). The first-order chi connectivity index (χ1) is 12.4. The van der Waals surface area contributed by atoms with Crippen LogP contribution in [0.25, 0.3) is 22.3 Å². The third-order valence-corrected chi connectivity index (χ3v) is 4.24. The monoisotopic (exact) mass is 358 g/mol. The zero-order chi connectivity index (χ0) is 18.8. The number of nitrogens with zero attached hydrogens (tertiary/aromatic N) is 2. The van der Waals surface area contributed by atoms with Crippen LogP contribution in [0.3, 0.4) is 0 Å². The minimum atomic E-state index is -1.13. The Balaban J connectivity index is 2.09. The summed E-state index contributed by atoms with van der Waals surface area (Å²) in [7, 11) is 0. The van der Waals surface area contributed by atoms with Gasteiger partial charge in [0.05, 0.1) is 11.1 Å². The molecule has 0 amide bonds. The molecule has 0 fully saturated rings. The van der Waals surface area contributed by atoms with E-state index < -0.39 is 17.4 Å². The van der Waals surface area contributed by atoms with Gasteiger partial charge >= 0.3 is 0 Å². The lowest BCUT2D eigenvalue weighted by molar-refractivity contribution is 0.456. The van der Waals surface area contributed by atoms with Gasteiger partial charge in [0.1, 0.15) is 11.6 Å². The largest absolute Gasteiger partial charge is 0.507 e. The van der Waals surface area contributed by atoms with Gasteiger partial charge in [0.15, 0.2) is 17.5 Å². The summed E-state index contributed by atoms with van der Waals surface area (Å²) in [6, 6.07) is 8.83. The van der Waals surface area contributed by atoms with Crippen molar-refractivity contribution in [2.24, 2.45) is 11.7 Å². The Morgan fingerprint density at radius 1 is 1.12 bits per heavy atom. The zero-order valence-corrected chi connectivity index (χ0v) is 14.5. The number of aromatic hydroxyl groups is 1. The van der Waals surface area contributed by atoms with Crippen molar-refractivity contribution in [3.63, 3.8) is 0 Å². The normalized spacial score (nSPS) is 12.5. The summed E-state index contributed by atoms with van der Waals surface area (Å²) in [6.45, 7) is 4.53. The second-order valence-electron chi connectivity index (χ2n) is 6.49. The van der Waals surface area contributed by atoms with Crippen molar-refractivity contribution in [3.8, 4) is 17.1 Å². The number of hydrogen-bond acceptors (Lipinski definition) is 5. The van der Waals surface area contributed by atoms with Gasteiger partial charge in [0.25, 0.3) is 0 Å². The van der Waals surface area contributed by atoms with E-state index >= 15 is 0 Å². The van der Waals surface area contributed by atoms with E-state index in [-0.39, 0.29) is 23.3 Å². The summed E-state index contributed by atoms with van der Waals surface area (Å²) in [4.78, 5) is 8.78. The van der Waals surface area contributed by atoms with E-state index in [1.165, 1.54) is 0 Å². The van der Waals surface area contributed by atoms with E-state index in [2.05, 4.69) is 15.3 Å². The highest BCUT2D eigenvalue weighted by molar-refractivity contribution is 5.90. The molecule has 0 saturated heterocycles. The summed E-state index contributed by atoms with van der Waals surface area (Å²) in [6.07, 6.45) is 0. The van der Waals surface area contributed by atoms with Gasteiger partial charge in [-0.2, -0.15) is 0 Å². The van der Waals surface area contributed by atoms with Gasteiger partial charge in [0.2, 0.25) is 0 Å². The molecule has 0 saturated carbocycles. The summed E-state index contributed by atoms with van der Waals surface area (Å²) < 4.78 is 26.9. The van der Waals surface area contributed by atoms with Crippen LogP contribution in [0.2, 0.25) is 0 Å². The fraction of sp³-hybridized carbons (Fsp3) is 0.263. The first kappa shape index (κ1) is 18.0. The highest BCUT2D eigenvalue weighted by Crippen LogP contribution is 2.31. The number of benzene rings is 2. The number of anilines is 1. The molecule has 3 aromatic rings. The van der Waals surface area contributed by atoms with Crippen molar-refractivity contribution < 1.29 is 13.9 Å². The Labute approximate surface area is 149 Å². The second-order valence-corrected chi connectivity index (χ2v) is 6.49. The molecule has 26 heavy (non-hydrogen) atoms. The summed E-state index contributed by atoms with van der Waals surface area (Å²) in [5.41, 5.74) is 6.71. The molecule has 0 aliphatic heterocycles. The number of nitrogens with one attached hydrogen (secondary N) is 1. The maximum atomic E-state index is 13.6. The van der Waals surface area contributed by atoms with Crippen LogP contribution in [0.5, 0.6) is 5.75 Å². The minimum absolute atomic E-state index is 0.0193. The number of hydrogen-bond donors (Lipinski definition) is 3. The number of nitrogens with two attached hydrogens (primary N) is 1. The van der Waals surface area contributed by atoms with Gasteiger partial charge in [-0.05, 0) is 24.1 Å². The number of aromatic nitrogens is 2. The van der Waals surface area contributed by atoms with E-state index in [0.29, 0.717) is 23.9 Å². The molecule has 0 radical (unpaired) electrons. The highest BCUT2D eigenvalue weighted by atomic mass is 19.2. The van der Waals surface area contributed by atoms with Crippen LogP contribution in [0.15, 0.2) is 36.4 Å². The molecular formula is C19H20F2N4O. The average Bonchev–Trinajstić information content (AvgIpc) is 2.62. The van der Waals surface area contributed by atoms with E-state index in [9.17, 15) is 13.9 Å². The van der Waals surface area contributed by atoms with Crippen molar-refractivity contribution in [2.75, 3.05) is 11.9 Å².